The summed E-state index contributed by atoms with van der Waals surface area (Å²) >= 11 is 3.30. The van der Waals surface area contributed by atoms with Gasteiger partial charge in [0.25, 0.3) is 0 Å². The summed E-state index contributed by atoms with van der Waals surface area (Å²) in [5.74, 6) is -0.875. The van der Waals surface area contributed by atoms with Gasteiger partial charge in [-0.05, 0) is 40.5 Å². The van der Waals surface area contributed by atoms with Gasteiger partial charge in [0.05, 0.1) is 16.4 Å². The predicted octanol–water partition coefficient (Wildman–Crippen LogP) is 3.01. The Kier molecular flexibility index (Phi) is 3.99. The fourth-order valence-electron chi connectivity index (χ4n) is 1.77. The van der Waals surface area contributed by atoms with E-state index >= 15 is 0 Å². The fraction of sp³-hybridized carbons (Fsp3) is 0.231. The Labute approximate surface area is 118 Å². The lowest BCUT2D eigenvalue weighted by atomic mass is 10.1. The van der Waals surface area contributed by atoms with Crippen LogP contribution >= 0.6 is 15.9 Å². The Bertz CT molecular complexity index is 624. The van der Waals surface area contributed by atoms with Gasteiger partial charge >= 0.3 is 0 Å². The van der Waals surface area contributed by atoms with Crippen molar-refractivity contribution in [1.82, 2.24) is 9.78 Å². The molecule has 6 heteroatoms. The molecule has 0 aliphatic rings. The minimum atomic E-state index is -0.594. The maximum Gasteiger partial charge on any atom is 0.212 e. The highest BCUT2D eigenvalue weighted by molar-refractivity contribution is 9.10. The molecule has 0 unspecified atom stereocenters. The largest absolute Gasteiger partial charge is 0.396 e. The van der Waals surface area contributed by atoms with Gasteiger partial charge in [-0.1, -0.05) is 6.92 Å². The molecule has 2 aromatic rings. The van der Waals surface area contributed by atoms with Gasteiger partial charge in [-0.3, -0.25) is 9.48 Å². The molecule has 0 amide bonds. The molecule has 2 rings (SSSR count). The molecular weight excluding hydrogens is 313 g/mol. The highest BCUT2D eigenvalue weighted by atomic mass is 79.9. The molecule has 1 aromatic heterocycles. The van der Waals surface area contributed by atoms with Crippen LogP contribution in [-0.2, 0) is 6.54 Å². The molecular formula is C13H13BrFN3O. The number of rotatable bonds is 4. The van der Waals surface area contributed by atoms with Crippen molar-refractivity contribution in [3.05, 3.63) is 45.9 Å². The molecule has 4 nitrogen and oxygen atoms in total. The van der Waals surface area contributed by atoms with Crippen molar-refractivity contribution in [2.75, 3.05) is 5.73 Å². The fourth-order valence-corrected chi connectivity index (χ4v) is 2.25. The van der Waals surface area contributed by atoms with E-state index in [0.29, 0.717) is 16.7 Å². The first kappa shape index (κ1) is 13.7. The molecule has 0 bridgehead atoms. The highest BCUT2D eigenvalue weighted by Crippen LogP contribution is 2.22. The topological polar surface area (TPSA) is 60.9 Å². The Hall–Kier alpha value is -1.69. The number of carbonyl (C=O) groups excluding carboxylic acids is 1. The number of anilines is 1. The molecule has 0 saturated carbocycles. The summed E-state index contributed by atoms with van der Waals surface area (Å²) in [6.45, 7) is 2.62. The van der Waals surface area contributed by atoms with Crippen molar-refractivity contribution in [2.45, 2.75) is 19.9 Å². The molecule has 2 N–H and O–H groups in total. The lowest BCUT2D eigenvalue weighted by Gasteiger charge is -2.07. The summed E-state index contributed by atoms with van der Waals surface area (Å²) in [4.78, 5) is 12.4. The van der Waals surface area contributed by atoms with E-state index in [1.807, 2.05) is 6.92 Å². The number of aromatic nitrogens is 2. The predicted molar refractivity (Wildman–Crippen MR) is 74.5 cm³/mol. The zero-order valence-electron chi connectivity index (χ0n) is 10.4. The third kappa shape index (κ3) is 2.68. The Morgan fingerprint density at radius 2 is 2.26 bits per heavy atom. The van der Waals surface area contributed by atoms with E-state index in [0.717, 1.165) is 12.5 Å². The van der Waals surface area contributed by atoms with Crippen molar-refractivity contribution in [3.8, 4) is 0 Å². The Balaban J connectivity index is 2.43. The second-order valence-corrected chi connectivity index (χ2v) is 4.98. The quantitative estimate of drug-likeness (QED) is 0.694. The van der Waals surface area contributed by atoms with Crippen LogP contribution in [-0.4, -0.2) is 15.6 Å². The van der Waals surface area contributed by atoms with Crippen molar-refractivity contribution >= 4 is 27.4 Å². The van der Waals surface area contributed by atoms with E-state index in [9.17, 15) is 9.18 Å². The van der Waals surface area contributed by atoms with Gasteiger partial charge in [0.15, 0.2) is 0 Å². The molecule has 0 fully saturated rings. The van der Waals surface area contributed by atoms with Crippen LogP contribution in [0, 0.1) is 5.82 Å². The molecule has 0 saturated heterocycles. The van der Waals surface area contributed by atoms with Crippen LogP contribution in [0.15, 0.2) is 28.9 Å². The number of hydrogen-bond donors (Lipinski definition) is 1. The van der Waals surface area contributed by atoms with E-state index in [1.165, 1.54) is 12.1 Å². The third-order valence-electron chi connectivity index (χ3n) is 2.71. The molecule has 1 heterocycles. The maximum absolute atomic E-state index is 13.4. The maximum atomic E-state index is 13.4. The van der Waals surface area contributed by atoms with Gasteiger partial charge in [0.2, 0.25) is 5.78 Å². The van der Waals surface area contributed by atoms with E-state index in [1.54, 1.807) is 10.9 Å². The van der Waals surface area contributed by atoms with Crippen LogP contribution in [0.4, 0.5) is 10.1 Å². The minimum Gasteiger partial charge on any atom is -0.396 e. The number of ketones is 1. The molecule has 19 heavy (non-hydrogen) atoms. The first-order valence-electron chi connectivity index (χ1n) is 5.85. The summed E-state index contributed by atoms with van der Waals surface area (Å²) in [7, 11) is 0. The minimum absolute atomic E-state index is 0.0256. The van der Waals surface area contributed by atoms with Crippen LogP contribution in [0.3, 0.4) is 0 Å². The Morgan fingerprint density at radius 1 is 1.53 bits per heavy atom. The van der Waals surface area contributed by atoms with E-state index < -0.39 is 5.82 Å². The van der Waals surface area contributed by atoms with Crippen LogP contribution in [0.2, 0.25) is 0 Å². The number of halogens is 2. The number of carbonyl (C=O) groups is 1. The van der Waals surface area contributed by atoms with Crippen LogP contribution in [0.1, 0.15) is 29.4 Å². The average molecular weight is 326 g/mol. The smallest absolute Gasteiger partial charge is 0.212 e. The average Bonchev–Trinajstić information content (AvgIpc) is 2.74. The monoisotopic (exact) mass is 325 g/mol. The zero-order chi connectivity index (χ0) is 14.0. The second kappa shape index (κ2) is 5.52. The SMILES string of the molecule is CCCn1ncc(Br)c1C(=O)c1ccc(N)c(F)c1. The summed E-state index contributed by atoms with van der Waals surface area (Å²) in [5.41, 5.74) is 6.10. The van der Waals surface area contributed by atoms with Gasteiger partial charge in [-0.25, -0.2) is 4.39 Å². The molecule has 0 aliphatic heterocycles. The lowest BCUT2D eigenvalue weighted by Crippen LogP contribution is -2.12. The number of nitrogen functional groups attached to an aromatic ring is 1. The first-order valence-corrected chi connectivity index (χ1v) is 6.65. The lowest BCUT2D eigenvalue weighted by molar-refractivity contribution is 0.102. The van der Waals surface area contributed by atoms with Gasteiger partial charge in [-0.2, -0.15) is 5.10 Å². The van der Waals surface area contributed by atoms with Crippen LogP contribution in [0.25, 0.3) is 0 Å². The third-order valence-corrected chi connectivity index (χ3v) is 3.29. The number of nitrogens with two attached hydrogens (primary N) is 1. The van der Waals surface area contributed by atoms with Crippen molar-refractivity contribution < 1.29 is 9.18 Å². The van der Waals surface area contributed by atoms with Crippen LogP contribution < -0.4 is 5.73 Å². The summed E-state index contributed by atoms with van der Waals surface area (Å²) in [6.07, 6.45) is 2.42. The molecule has 0 aliphatic carbocycles. The number of nitrogens with zero attached hydrogens (tertiary/aromatic N) is 2. The normalized spacial score (nSPS) is 10.7. The van der Waals surface area contributed by atoms with E-state index in [2.05, 4.69) is 21.0 Å². The highest BCUT2D eigenvalue weighted by Gasteiger charge is 2.19. The Morgan fingerprint density at radius 3 is 2.89 bits per heavy atom. The van der Waals surface area contributed by atoms with Crippen molar-refractivity contribution in [1.29, 1.82) is 0 Å². The standard InChI is InChI=1S/C13H13BrFN3O/c1-2-5-18-12(9(14)7-17-18)13(19)8-3-4-11(16)10(15)6-8/h3-4,6-7H,2,5,16H2,1H3. The first-order chi connectivity index (χ1) is 9.04. The molecule has 0 radical (unpaired) electrons. The van der Waals surface area contributed by atoms with Gasteiger partial charge in [0, 0.05) is 12.1 Å². The van der Waals surface area contributed by atoms with Gasteiger partial charge in [-0.15, -0.1) is 0 Å². The van der Waals surface area contributed by atoms with Gasteiger partial charge in [0.1, 0.15) is 11.5 Å². The zero-order valence-corrected chi connectivity index (χ0v) is 11.9. The molecule has 0 atom stereocenters. The molecule has 1 aromatic carbocycles. The number of aryl methyl sites for hydroxylation is 1. The van der Waals surface area contributed by atoms with Crippen LogP contribution in [0.5, 0.6) is 0 Å². The number of hydrogen-bond acceptors (Lipinski definition) is 3. The second-order valence-electron chi connectivity index (χ2n) is 4.13. The van der Waals surface area contributed by atoms with Gasteiger partial charge < -0.3 is 5.73 Å². The molecule has 0 spiro atoms. The van der Waals surface area contributed by atoms with Crippen molar-refractivity contribution in [3.63, 3.8) is 0 Å². The summed E-state index contributed by atoms with van der Waals surface area (Å²) in [5, 5.41) is 4.12. The van der Waals surface area contributed by atoms with E-state index in [-0.39, 0.29) is 17.0 Å². The van der Waals surface area contributed by atoms with E-state index in [4.69, 9.17) is 5.73 Å². The number of benzene rings is 1. The summed E-state index contributed by atoms with van der Waals surface area (Å²) in [6, 6.07) is 4.04. The molecule has 100 valence electrons. The van der Waals surface area contributed by atoms with Crippen molar-refractivity contribution in [2.24, 2.45) is 0 Å². The summed E-state index contributed by atoms with van der Waals surface area (Å²) < 4.78 is 15.6.